The van der Waals surface area contributed by atoms with Crippen LogP contribution in [0, 0.1) is 0 Å². The summed E-state index contributed by atoms with van der Waals surface area (Å²) in [6.45, 7) is 0. The van der Waals surface area contributed by atoms with Crippen LogP contribution in [-0.2, 0) is 9.59 Å². The zero-order chi connectivity index (χ0) is 13.7. The lowest BCUT2D eigenvalue weighted by Crippen LogP contribution is -2.20. The molecule has 0 aromatic carbocycles. The third-order valence-electron chi connectivity index (χ3n) is 3.09. The van der Waals surface area contributed by atoms with Crippen molar-refractivity contribution in [3.63, 3.8) is 0 Å². The fourth-order valence-corrected chi connectivity index (χ4v) is 3.67. The van der Waals surface area contributed by atoms with Gasteiger partial charge in [-0.2, -0.15) is 0 Å². The van der Waals surface area contributed by atoms with Gasteiger partial charge in [0.05, 0.1) is 27.4 Å². The lowest BCUT2D eigenvalue weighted by atomic mass is 10.1. The first-order valence-corrected chi connectivity index (χ1v) is 7.57. The number of carbonyl (C=O) groups excluding carboxylic acids is 2. The normalized spacial score (nSPS) is 17.6. The largest absolute Gasteiger partial charge is 0.320 e. The van der Waals surface area contributed by atoms with Crippen LogP contribution in [0.5, 0.6) is 0 Å². The first-order chi connectivity index (χ1) is 9.75. The van der Waals surface area contributed by atoms with Crippen LogP contribution in [-0.4, -0.2) is 16.8 Å². The number of hydrogen-bond donors (Lipinski definition) is 2. The smallest absolute Gasteiger partial charge is 0.258 e. The number of rotatable bonds is 2. The molecule has 2 aliphatic rings. The minimum atomic E-state index is -0.257. The van der Waals surface area contributed by atoms with Gasteiger partial charge in [0.2, 0.25) is 0 Å². The molecule has 2 amide bonds. The zero-order valence-electron chi connectivity index (χ0n) is 9.97. The van der Waals surface area contributed by atoms with Gasteiger partial charge in [-0.1, -0.05) is 6.07 Å². The first kappa shape index (κ1) is 11.6. The molecule has 0 unspecified atom stereocenters. The van der Waals surface area contributed by atoms with Crippen LogP contribution in [0.1, 0.15) is 9.88 Å². The third kappa shape index (κ3) is 1.50. The van der Waals surface area contributed by atoms with Crippen LogP contribution in [0.15, 0.2) is 40.2 Å². The van der Waals surface area contributed by atoms with E-state index in [0.717, 1.165) is 4.88 Å². The van der Waals surface area contributed by atoms with Gasteiger partial charge in [-0.15, -0.1) is 22.7 Å². The lowest BCUT2D eigenvalue weighted by Gasteiger charge is -2.03. The van der Waals surface area contributed by atoms with Gasteiger partial charge in [0.1, 0.15) is 5.01 Å². The molecule has 2 aromatic rings. The minimum Gasteiger partial charge on any atom is -0.320 e. The topological polar surface area (TPSA) is 71.1 Å². The summed E-state index contributed by atoms with van der Waals surface area (Å²) in [5, 5.41) is 9.91. The number of fused-ring (bicyclic) bond motifs is 1. The van der Waals surface area contributed by atoms with E-state index in [2.05, 4.69) is 15.6 Å². The highest BCUT2D eigenvalue weighted by atomic mass is 32.1. The molecule has 0 spiro atoms. The summed E-state index contributed by atoms with van der Waals surface area (Å²) in [7, 11) is 0. The molecule has 0 aliphatic carbocycles. The monoisotopic (exact) mass is 301 g/mol. The summed E-state index contributed by atoms with van der Waals surface area (Å²) in [4.78, 5) is 29.4. The van der Waals surface area contributed by atoms with Crippen LogP contribution < -0.4 is 10.6 Å². The fourth-order valence-electron chi connectivity index (χ4n) is 2.29. The first-order valence-electron chi connectivity index (χ1n) is 5.81. The fraction of sp³-hybridized carbons (Fsp3) is 0. The SMILES string of the molecule is O=C1NC(c2nccs2)=C2C(=O)NC(c3cccs3)=C12. The molecule has 0 bridgehead atoms. The summed E-state index contributed by atoms with van der Waals surface area (Å²) in [6.07, 6.45) is 1.65. The van der Waals surface area contributed by atoms with E-state index >= 15 is 0 Å². The van der Waals surface area contributed by atoms with Crippen molar-refractivity contribution in [2.24, 2.45) is 0 Å². The van der Waals surface area contributed by atoms with E-state index in [1.54, 1.807) is 6.20 Å². The average molecular weight is 301 g/mol. The maximum Gasteiger partial charge on any atom is 0.258 e. The summed E-state index contributed by atoms with van der Waals surface area (Å²) < 4.78 is 0. The molecule has 7 heteroatoms. The quantitative estimate of drug-likeness (QED) is 0.885. The van der Waals surface area contributed by atoms with Crippen molar-refractivity contribution in [1.29, 1.82) is 0 Å². The highest BCUT2D eigenvalue weighted by Gasteiger charge is 2.41. The maximum absolute atomic E-state index is 12.2. The number of amides is 2. The number of nitrogens with zero attached hydrogens (tertiary/aromatic N) is 1. The van der Waals surface area contributed by atoms with Gasteiger partial charge in [0.25, 0.3) is 11.8 Å². The molecule has 0 saturated heterocycles. The molecule has 0 saturated carbocycles. The van der Waals surface area contributed by atoms with Crippen molar-refractivity contribution < 1.29 is 9.59 Å². The van der Waals surface area contributed by atoms with Gasteiger partial charge in [-0.05, 0) is 11.4 Å². The van der Waals surface area contributed by atoms with Crippen molar-refractivity contribution in [3.05, 3.63) is 50.1 Å². The van der Waals surface area contributed by atoms with Crippen LogP contribution in [0.4, 0.5) is 0 Å². The molecule has 4 rings (SSSR count). The van der Waals surface area contributed by atoms with Gasteiger partial charge in [-0.3, -0.25) is 9.59 Å². The number of hydrogen-bond acceptors (Lipinski definition) is 5. The van der Waals surface area contributed by atoms with E-state index < -0.39 is 0 Å². The van der Waals surface area contributed by atoms with Crippen LogP contribution in [0.25, 0.3) is 11.4 Å². The summed E-state index contributed by atoms with van der Waals surface area (Å²) in [6, 6.07) is 3.76. The molecule has 20 heavy (non-hydrogen) atoms. The Bertz CT molecular complexity index is 717. The Morgan fingerprint density at radius 2 is 1.70 bits per heavy atom. The lowest BCUT2D eigenvalue weighted by molar-refractivity contribution is -0.117. The Labute approximate surface area is 121 Å². The van der Waals surface area contributed by atoms with E-state index in [4.69, 9.17) is 0 Å². The predicted molar refractivity (Wildman–Crippen MR) is 76.6 cm³/mol. The highest BCUT2D eigenvalue weighted by molar-refractivity contribution is 7.11. The zero-order valence-corrected chi connectivity index (χ0v) is 11.6. The Morgan fingerprint density at radius 3 is 2.35 bits per heavy atom. The molecule has 2 aliphatic heterocycles. The summed E-state index contributed by atoms with van der Waals surface area (Å²) >= 11 is 2.87. The van der Waals surface area contributed by atoms with Gasteiger partial charge in [0, 0.05) is 11.6 Å². The van der Waals surface area contributed by atoms with Gasteiger partial charge < -0.3 is 10.6 Å². The molecule has 2 aromatic heterocycles. The number of nitrogens with one attached hydrogen (secondary N) is 2. The molecule has 98 valence electrons. The van der Waals surface area contributed by atoms with Crippen molar-refractivity contribution in [1.82, 2.24) is 15.6 Å². The molecule has 0 atom stereocenters. The predicted octanol–water partition coefficient (Wildman–Crippen LogP) is 1.59. The Balaban J connectivity index is 1.95. The maximum atomic E-state index is 12.2. The molecule has 0 radical (unpaired) electrons. The van der Waals surface area contributed by atoms with Crippen LogP contribution in [0.2, 0.25) is 0 Å². The van der Waals surface area contributed by atoms with E-state index in [0.29, 0.717) is 27.5 Å². The standard InChI is InChI=1S/C13H7N3O2S2/c17-11-7-8(10(16-11)13-14-3-5-20-13)12(18)15-9(7)6-2-1-4-19-6/h1-5H,(H,15,18)(H,16,17). The van der Waals surface area contributed by atoms with Crippen molar-refractivity contribution >= 4 is 45.9 Å². The Morgan fingerprint density at radius 1 is 0.950 bits per heavy atom. The van der Waals surface area contributed by atoms with Gasteiger partial charge in [-0.25, -0.2) is 4.98 Å². The van der Waals surface area contributed by atoms with Gasteiger partial charge in [0.15, 0.2) is 0 Å². The van der Waals surface area contributed by atoms with Crippen molar-refractivity contribution in [2.45, 2.75) is 0 Å². The van der Waals surface area contributed by atoms with Crippen LogP contribution in [0.3, 0.4) is 0 Å². The van der Waals surface area contributed by atoms with Crippen molar-refractivity contribution in [3.8, 4) is 0 Å². The molecule has 0 fully saturated rings. The van der Waals surface area contributed by atoms with E-state index in [-0.39, 0.29) is 11.8 Å². The second-order valence-electron chi connectivity index (χ2n) is 4.22. The second kappa shape index (κ2) is 4.12. The van der Waals surface area contributed by atoms with Gasteiger partial charge >= 0.3 is 0 Å². The highest BCUT2D eigenvalue weighted by Crippen LogP contribution is 2.38. The number of thiazole rings is 1. The Hall–Kier alpha value is -2.25. The molecular formula is C13H7N3O2S2. The van der Waals surface area contributed by atoms with E-state index in [1.165, 1.54) is 22.7 Å². The van der Waals surface area contributed by atoms with E-state index in [9.17, 15) is 9.59 Å². The minimum absolute atomic E-state index is 0.257. The van der Waals surface area contributed by atoms with E-state index in [1.807, 2.05) is 22.9 Å². The number of aromatic nitrogens is 1. The second-order valence-corrected chi connectivity index (χ2v) is 6.07. The average Bonchev–Trinajstić information content (AvgIpc) is 3.17. The molecule has 5 nitrogen and oxygen atoms in total. The van der Waals surface area contributed by atoms with Crippen molar-refractivity contribution in [2.75, 3.05) is 0 Å². The molecular weight excluding hydrogens is 294 g/mol. The van der Waals surface area contributed by atoms with Crippen LogP contribution >= 0.6 is 22.7 Å². The number of carbonyl (C=O) groups is 2. The summed E-state index contributed by atoms with van der Waals surface area (Å²) in [5.41, 5.74) is 1.91. The molecule has 2 N–H and O–H groups in total. The third-order valence-corrected chi connectivity index (χ3v) is 4.77. The molecule has 4 heterocycles. The Kier molecular flexibility index (Phi) is 2.38. The number of thiophene rings is 1. The summed E-state index contributed by atoms with van der Waals surface area (Å²) in [5.74, 6) is -0.515.